The molecule has 6 heteroatoms. The van der Waals surface area contributed by atoms with E-state index in [2.05, 4.69) is 0 Å². The second-order valence-electron chi connectivity index (χ2n) is 2.31. The molecule has 0 aromatic carbocycles. The number of hydrogen-bond acceptors (Lipinski definition) is 6. The average Bonchev–Trinajstić information content (AvgIpc) is 1.83. The van der Waals surface area contributed by atoms with E-state index in [9.17, 15) is 0 Å². The molecular formula is C4H15N5O. The molecule has 2 unspecified atom stereocenters. The molecule has 0 aromatic heterocycles. The van der Waals surface area contributed by atoms with Crippen LogP contribution < -0.4 is 28.7 Å². The van der Waals surface area contributed by atoms with Crippen LogP contribution in [0.1, 0.15) is 0 Å². The fraction of sp³-hybridized carbons (Fsp3) is 1.00. The Labute approximate surface area is 59.3 Å². The second kappa shape index (κ2) is 3.24. The monoisotopic (exact) mass is 149 g/mol. The van der Waals surface area contributed by atoms with Crippen molar-refractivity contribution in [2.45, 2.75) is 17.9 Å². The maximum absolute atomic E-state index is 8.88. The summed E-state index contributed by atoms with van der Waals surface area (Å²) >= 11 is 0. The molecular weight excluding hydrogens is 134 g/mol. The lowest BCUT2D eigenvalue weighted by Gasteiger charge is -2.28. The van der Waals surface area contributed by atoms with Crippen molar-refractivity contribution in [3.63, 3.8) is 0 Å². The highest BCUT2D eigenvalue weighted by Gasteiger charge is 2.28. The Bertz CT molecular complexity index is 100. The van der Waals surface area contributed by atoms with Crippen molar-refractivity contribution < 1.29 is 5.11 Å². The molecule has 11 N–H and O–H groups in total. The third kappa shape index (κ3) is 2.56. The van der Waals surface area contributed by atoms with Crippen LogP contribution in [0.4, 0.5) is 0 Å². The van der Waals surface area contributed by atoms with Crippen molar-refractivity contribution in [2.24, 2.45) is 28.7 Å². The molecule has 0 spiro atoms. The van der Waals surface area contributed by atoms with E-state index in [0.29, 0.717) is 0 Å². The van der Waals surface area contributed by atoms with Gasteiger partial charge in [0, 0.05) is 12.6 Å². The molecule has 0 aliphatic heterocycles. The van der Waals surface area contributed by atoms with Crippen LogP contribution in [0, 0.1) is 0 Å². The molecule has 0 aliphatic carbocycles. The van der Waals surface area contributed by atoms with Crippen LogP contribution in [0.15, 0.2) is 0 Å². The maximum Gasteiger partial charge on any atom is 0.184 e. The first kappa shape index (κ1) is 9.76. The summed E-state index contributed by atoms with van der Waals surface area (Å²) < 4.78 is 0. The van der Waals surface area contributed by atoms with Crippen LogP contribution in [0.5, 0.6) is 0 Å². The van der Waals surface area contributed by atoms with Gasteiger partial charge in [-0.2, -0.15) is 0 Å². The lowest BCUT2D eigenvalue weighted by atomic mass is 10.1. The predicted octanol–water partition coefficient (Wildman–Crippen LogP) is -3.84. The summed E-state index contributed by atoms with van der Waals surface area (Å²) in [5.41, 5.74) is 25.8. The largest absolute Gasteiger partial charge is 0.362 e. The first-order chi connectivity index (χ1) is 4.39. The molecule has 0 amide bonds. The smallest absolute Gasteiger partial charge is 0.184 e. The first-order valence-corrected chi connectivity index (χ1v) is 2.91. The first-order valence-electron chi connectivity index (χ1n) is 2.91. The van der Waals surface area contributed by atoms with E-state index in [4.69, 9.17) is 33.8 Å². The lowest BCUT2D eigenvalue weighted by molar-refractivity contribution is 0.0192. The molecule has 0 rings (SSSR count). The van der Waals surface area contributed by atoms with Crippen LogP contribution in [0.2, 0.25) is 0 Å². The number of aliphatic hydroxyl groups is 1. The molecule has 6 nitrogen and oxygen atoms in total. The van der Waals surface area contributed by atoms with E-state index in [1.807, 2.05) is 0 Å². The molecule has 0 heterocycles. The van der Waals surface area contributed by atoms with Crippen molar-refractivity contribution in [3.05, 3.63) is 0 Å². The Morgan fingerprint density at radius 2 is 1.70 bits per heavy atom. The summed E-state index contributed by atoms with van der Waals surface area (Å²) in [4.78, 5) is 0. The summed E-state index contributed by atoms with van der Waals surface area (Å²) in [5.74, 6) is -1.95. The van der Waals surface area contributed by atoms with Crippen LogP contribution in [-0.2, 0) is 0 Å². The molecule has 0 radical (unpaired) electrons. The zero-order chi connectivity index (χ0) is 8.36. The maximum atomic E-state index is 8.88. The van der Waals surface area contributed by atoms with Crippen molar-refractivity contribution in [3.8, 4) is 0 Å². The Morgan fingerprint density at radius 1 is 1.30 bits per heavy atom. The zero-order valence-corrected chi connectivity index (χ0v) is 5.70. The van der Waals surface area contributed by atoms with Gasteiger partial charge >= 0.3 is 0 Å². The third-order valence-corrected chi connectivity index (χ3v) is 1.27. The quantitative estimate of drug-likeness (QED) is 0.226. The normalized spacial score (nSPS) is 18.6. The van der Waals surface area contributed by atoms with Gasteiger partial charge in [0.05, 0.1) is 6.04 Å². The third-order valence-electron chi connectivity index (χ3n) is 1.27. The number of hydrogen-bond donors (Lipinski definition) is 6. The summed E-state index contributed by atoms with van der Waals surface area (Å²) in [6, 6.07) is -1.49. The lowest BCUT2D eigenvalue weighted by Crippen LogP contribution is -2.69. The summed E-state index contributed by atoms with van der Waals surface area (Å²) in [5, 5.41) is 8.88. The Kier molecular flexibility index (Phi) is 3.16. The molecule has 0 fully saturated rings. The molecule has 0 saturated carbocycles. The molecule has 2 atom stereocenters. The topological polar surface area (TPSA) is 150 Å². The van der Waals surface area contributed by atoms with Crippen molar-refractivity contribution >= 4 is 0 Å². The van der Waals surface area contributed by atoms with Crippen LogP contribution in [0.25, 0.3) is 0 Å². The van der Waals surface area contributed by atoms with Crippen LogP contribution >= 0.6 is 0 Å². The number of rotatable bonds is 3. The summed E-state index contributed by atoms with van der Waals surface area (Å²) in [7, 11) is 0. The van der Waals surface area contributed by atoms with Gasteiger partial charge in [-0.25, -0.2) is 0 Å². The minimum atomic E-state index is -1.95. The highest BCUT2D eigenvalue weighted by atomic mass is 16.3. The van der Waals surface area contributed by atoms with Crippen LogP contribution in [-0.4, -0.2) is 29.6 Å². The van der Waals surface area contributed by atoms with E-state index in [1.54, 1.807) is 0 Å². The standard InChI is InChI=1S/C4H15N5O/c5-1-2(6)3(7)4(8,9)10/h2-3,10H,1,5-9H2. The minimum Gasteiger partial charge on any atom is -0.362 e. The van der Waals surface area contributed by atoms with Crippen molar-refractivity contribution in [1.29, 1.82) is 0 Å². The zero-order valence-electron chi connectivity index (χ0n) is 5.70. The van der Waals surface area contributed by atoms with E-state index in [0.717, 1.165) is 0 Å². The molecule has 0 saturated heterocycles. The molecule has 0 aliphatic rings. The van der Waals surface area contributed by atoms with Gasteiger partial charge in [-0.05, 0) is 0 Å². The van der Waals surface area contributed by atoms with Gasteiger partial charge in [0.25, 0.3) is 0 Å². The molecule has 0 bridgehead atoms. The van der Waals surface area contributed by atoms with Gasteiger partial charge in [0.2, 0.25) is 0 Å². The predicted molar refractivity (Wildman–Crippen MR) is 38.3 cm³/mol. The molecule has 62 valence electrons. The van der Waals surface area contributed by atoms with Gasteiger partial charge in [-0.3, -0.25) is 11.5 Å². The van der Waals surface area contributed by atoms with Gasteiger partial charge in [0.1, 0.15) is 0 Å². The Balaban J connectivity index is 3.94. The van der Waals surface area contributed by atoms with E-state index in [-0.39, 0.29) is 6.54 Å². The minimum absolute atomic E-state index is 0.137. The van der Waals surface area contributed by atoms with Crippen LogP contribution in [0.3, 0.4) is 0 Å². The van der Waals surface area contributed by atoms with Gasteiger partial charge in [0.15, 0.2) is 5.85 Å². The highest BCUT2D eigenvalue weighted by molar-refractivity contribution is 4.87. The fourth-order valence-electron chi connectivity index (χ4n) is 0.490. The van der Waals surface area contributed by atoms with Crippen molar-refractivity contribution in [2.75, 3.05) is 6.54 Å². The summed E-state index contributed by atoms with van der Waals surface area (Å²) in [6.07, 6.45) is 0. The van der Waals surface area contributed by atoms with Gasteiger partial charge in [-0.1, -0.05) is 0 Å². The Hall–Kier alpha value is -0.240. The average molecular weight is 149 g/mol. The van der Waals surface area contributed by atoms with E-state index < -0.39 is 17.9 Å². The summed E-state index contributed by atoms with van der Waals surface area (Å²) in [6.45, 7) is 0.137. The van der Waals surface area contributed by atoms with Crippen molar-refractivity contribution in [1.82, 2.24) is 0 Å². The second-order valence-corrected chi connectivity index (χ2v) is 2.31. The SMILES string of the molecule is NCC(N)C(N)C(N)(N)O. The fourth-order valence-corrected chi connectivity index (χ4v) is 0.490. The van der Waals surface area contributed by atoms with Gasteiger partial charge < -0.3 is 22.3 Å². The highest BCUT2D eigenvalue weighted by Crippen LogP contribution is 1.94. The van der Waals surface area contributed by atoms with E-state index in [1.165, 1.54) is 0 Å². The Morgan fingerprint density at radius 3 is 1.80 bits per heavy atom. The van der Waals surface area contributed by atoms with E-state index >= 15 is 0 Å². The molecule has 10 heavy (non-hydrogen) atoms. The number of nitrogens with two attached hydrogens (primary N) is 5. The molecule has 0 aromatic rings. The van der Waals surface area contributed by atoms with Gasteiger partial charge in [-0.15, -0.1) is 0 Å².